The first-order valence-corrected chi connectivity index (χ1v) is 5.57. The molecule has 0 radical (unpaired) electrons. The molecule has 1 atom stereocenters. The molecular weight excluding hydrogens is 242 g/mol. The molecule has 0 aliphatic heterocycles. The fourth-order valence-corrected chi connectivity index (χ4v) is 1.65. The lowest BCUT2D eigenvalue weighted by Crippen LogP contribution is -2.34. The highest BCUT2D eigenvalue weighted by Crippen LogP contribution is 2.20. The van der Waals surface area contributed by atoms with Crippen molar-refractivity contribution in [3.05, 3.63) is 34.3 Å². The highest BCUT2D eigenvalue weighted by molar-refractivity contribution is 6.34. The van der Waals surface area contributed by atoms with Crippen molar-refractivity contribution in [2.45, 2.75) is 26.3 Å². The van der Waals surface area contributed by atoms with Gasteiger partial charge in [0, 0.05) is 6.04 Å². The van der Waals surface area contributed by atoms with E-state index in [1.54, 1.807) is 32.0 Å². The maximum Gasteiger partial charge on any atom is 0.305 e. The molecule has 2 N–H and O–H groups in total. The Morgan fingerprint density at radius 3 is 2.71 bits per heavy atom. The van der Waals surface area contributed by atoms with Crippen LogP contribution in [0.3, 0.4) is 0 Å². The second kappa shape index (κ2) is 5.68. The molecule has 0 aliphatic rings. The van der Waals surface area contributed by atoms with Gasteiger partial charge < -0.3 is 10.4 Å². The zero-order valence-corrected chi connectivity index (χ0v) is 10.4. The summed E-state index contributed by atoms with van der Waals surface area (Å²) in [6.45, 7) is 3.44. The summed E-state index contributed by atoms with van der Waals surface area (Å²) in [5.41, 5.74) is 1.18. The number of halogens is 1. The number of amides is 1. The lowest BCUT2D eigenvalue weighted by atomic mass is 10.1. The summed E-state index contributed by atoms with van der Waals surface area (Å²) in [7, 11) is 0. The van der Waals surface area contributed by atoms with Crippen LogP contribution in [0.4, 0.5) is 0 Å². The molecule has 0 saturated heterocycles. The van der Waals surface area contributed by atoms with E-state index in [1.807, 2.05) is 0 Å². The predicted molar refractivity (Wildman–Crippen MR) is 65.4 cm³/mol. The summed E-state index contributed by atoms with van der Waals surface area (Å²) in [5.74, 6) is -1.31. The summed E-state index contributed by atoms with van der Waals surface area (Å²) in [6.07, 6.45) is -0.116. The van der Waals surface area contributed by atoms with Crippen LogP contribution in [-0.2, 0) is 4.79 Å². The van der Waals surface area contributed by atoms with Crippen LogP contribution in [-0.4, -0.2) is 23.0 Å². The first kappa shape index (κ1) is 13.5. The van der Waals surface area contributed by atoms with E-state index in [0.717, 1.165) is 5.56 Å². The third kappa shape index (κ3) is 3.75. The highest BCUT2D eigenvalue weighted by atomic mass is 35.5. The maximum absolute atomic E-state index is 11.8. The summed E-state index contributed by atoms with van der Waals surface area (Å²) in [4.78, 5) is 22.3. The van der Waals surface area contributed by atoms with Gasteiger partial charge in [0.2, 0.25) is 0 Å². The SMILES string of the molecule is Cc1cccc(C(=O)NC(C)CC(=O)O)c1Cl. The molecule has 1 rings (SSSR count). The number of carbonyl (C=O) groups is 2. The second-order valence-corrected chi connectivity index (χ2v) is 4.29. The Hall–Kier alpha value is -1.55. The molecule has 0 bridgehead atoms. The zero-order chi connectivity index (χ0) is 13.0. The second-order valence-electron chi connectivity index (χ2n) is 3.91. The fourth-order valence-electron chi connectivity index (χ4n) is 1.44. The van der Waals surface area contributed by atoms with Gasteiger partial charge in [0.1, 0.15) is 0 Å². The highest BCUT2D eigenvalue weighted by Gasteiger charge is 2.15. The average Bonchev–Trinajstić information content (AvgIpc) is 2.20. The molecule has 1 aromatic carbocycles. The summed E-state index contributed by atoms with van der Waals surface area (Å²) < 4.78 is 0. The van der Waals surface area contributed by atoms with E-state index in [4.69, 9.17) is 16.7 Å². The third-order valence-corrected chi connectivity index (χ3v) is 2.80. The fraction of sp³-hybridized carbons (Fsp3) is 0.333. The molecule has 1 amide bonds. The summed E-state index contributed by atoms with van der Waals surface area (Å²) >= 11 is 6.00. The van der Waals surface area contributed by atoms with Crippen LogP contribution in [0, 0.1) is 6.92 Å². The van der Waals surface area contributed by atoms with Gasteiger partial charge in [-0.05, 0) is 25.5 Å². The van der Waals surface area contributed by atoms with Crippen molar-refractivity contribution in [1.29, 1.82) is 0 Å². The molecule has 5 heteroatoms. The van der Waals surface area contributed by atoms with Crippen molar-refractivity contribution >= 4 is 23.5 Å². The van der Waals surface area contributed by atoms with Crippen molar-refractivity contribution in [2.24, 2.45) is 0 Å². The van der Waals surface area contributed by atoms with Gasteiger partial charge in [0.05, 0.1) is 17.0 Å². The number of carboxylic acid groups (broad SMARTS) is 1. The Balaban J connectivity index is 2.77. The van der Waals surface area contributed by atoms with E-state index in [9.17, 15) is 9.59 Å². The number of benzene rings is 1. The summed E-state index contributed by atoms with van der Waals surface area (Å²) in [5, 5.41) is 11.6. The Morgan fingerprint density at radius 1 is 1.47 bits per heavy atom. The van der Waals surface area contributed by atoms with E-state index < -0.39 is 12.0 Å². The van der Waals surface area contributed by atoms with Crippen LogP contribution in [0.1, 0.15) is 29.3 Å². The topological polar surface area (TPSA) is 66.4 Å². The molecule has 0 spiro atoms. The van der Waals surface area contributed by atoms with Crippen LogP contribution in [0.15, 0.2) is 18.2 Å². The standard InChI is InChI=1S/C12H14ClNO3/c1-7-4-3-5-9(11(7)13)12(17)14-8(2)6-10(15)16/h3-5,8H,6H2,1-2H3,(H,14,17)(H,15,16). The van der Waals surface area contributed by atoms with Crippen molar-refractivity contribution in [3.63, 3.8) is 0 Å². The molecule has 0 aromatic heterocycles. The van der Waals surface area contributed by atoms with E-state index in [1.165, 1.54) is 0 Å². The number of carbonyl (C=O) groups excluding carboxylic acids is 1. The Bertz CT molecular complexity index is 445. The normalized spacial score (nSPS) is 11.9. The lowest BCUT2D eigenvalue weighted by Gasteiger charge is -2.13. The van der Waals surface area contributed by atoms with E-state index in [2.05, 4.69) is 5.32 Å². The predicted octanol–water partition coefficient (Wildman–Crippen LogP) is 2.24. The van der Waals surface area contributed by atoms with Crippen LogP contribution in [0.25, 0.3) is 0 Å². The van der Waals surface area contributed by atoms with Gasteiger partial charge in [0.25, 0.3) is 5.91 Å². The van der Waals surface area contributed by atoms with Gasteiger partial charge >= 0.3 is 5.97 Å². The zero-order valence-electron chi connectivity index (χ0n) is 9.66. The molecule has 0 heterocycles. The average molecular weight is 256 g/mol. The molecular formula is C12H14ClNO3. The monoisotopic (exact) mass is 255 g/mol. The van der Waals surface area contributed by atoms with Crippen LogP contribution >= 0.6 is 11.6 Å². The largest absolute Gasteiger partial charge is 0.481 e. The first-order valence-electron chi connectivity index (χ1n) is 5.19. The van der Waals surface area contributed by atoms with Crippen molar-refractivity contribution in [1.82, 2.24) is 5.32 Å². The van der Waals surface area contributed by atoms with Crippen LogP contribution < -0.4 is 5.32 Å². The number of hydrogen-bond acceptors (Lipinski definition) is 2. The maximum atomic E-state index is 11.8. The minimum Gasteiger partial charge on any atom is -0.481 e. The summed E-state index contributed by atoms with van der Waals surface area (Å²) in [6, 6.07) is 4.72. The number of hydrogen-bond donors (Lipinski definition) is 2. The van der Waals surface area contributed by atoms with Gasteiger partial charge in [-0.15, -0.1) is 0 Å². The minimum atomic E-state index is -0.951. The molecule has 92 valence electrons. The third-order valence-electron chi connectivity index (χ3n) is 2.29. The van der Waals surface area contributed by atoms with E-state index in [-0.39, 0.29) is 12.3 Å². The molecule has 0 aliphatic carbocycles. The van der Waals surface area contributed by atoms with Gasteiger partial charge in [-0.25, -0.2) is 0 Å². The molecule has 1 unspecified atom stereocenters. The van der Waals surface area contributed by atoms with Gasteiger partial charge in [-0.3, -0.25) is 9.59 Å². The number of aryl methyl sites for hydroxylation is 1. The molecule has 17 heavy (non-hydrogen) atoms. The number of nitrogens with one attached hydrogen (secondary N) is 1. The van der Waals surface area contributed by atoms with Gasteiger partial charge in [-0.2, -0.15) is 0 Å². The van der Waals surface area contributed by atoms with Gasteiger partial charge in [0.15, 0.2) is 0 Å². The van der Waals surface area contributed by atoms with Gasteiger partial charge in [-0.1, -0.05) is 23.7 Å². The Morgan fingerprint density at radius 2 is 2.12 bits per heavy atom. The molecule has 4 nitrogen and oxygen atoms in total. The first-order chi connectivity index (χ1) is 7.91. The molecule has 1 aromatic rings. The van der Waals surface area contributed by atoms with Crippen LogP contribution in [0.2, 0.25) is 5.02 Å². The Kier molecular flexibility index (Phi) is 4.52. The van der Waals surface area contributed by atoms with E-state index in [0.29, 0.717) is 10.6 Å². The number of aliphatic carboxylic acids is 1. The Labute approximate surface area is 105 Å². The van der Waals surface area contributed by atoms with Crippen molar-refractivity contribution < 1.29 is 14.7 Å². The number of rotatable bonds is 4. The molecule has 0 saturated carbocycles. The number of carboxylic acids is 1. The molecule has 0 fully saturated rings. The van der Waals surface area contributed by atoms with Crippen LogP contribution in [0.5, 0.6) is 0 Å². The van der Waals surface area contributed by atoms with Crippen molar-refractivity contribution in [3.8, 4) is 0 Å². The van der Waals surface area contributed by atoms with E-state index >= 15 is 0 Å². The quantitative estimate of drug-likeness (QED) is 0.867. The smallest absolute Gasteiger partial charge is 0.305 e. The minimum absolute atomic E-state index is 0.116. The lowest BCUT2D eigenvalue weighted by molar-refractivity contribution is -0.137. The van der Waals surface area contributed by atoms with Crippen molar-refractivity contribution in [2.75, 3.05) is 0 Å².